The second kappa shape index (κ2) is 9.40. The number of thioether (sulfide) groups is 1. The lowest BCUT2D eigenvalue weighted by Gasteiger charge is -2.15. The third-order valence-corrected chi connectivity index (χ3v) is 7.26. The van der Waals surface area contributed by atoms with Crippen LogP contribution in [0.25, 0.3) is 15.9 Å². The Morgan fingerprint density at radius 3 is 2.75 bits per heavy atom. The summed E-state index contributed by atoms with van der Waals surface area (Å²) in [6.07, 6.45) is 2.46. The predicted molar refractivity (Wildman–Crippen MR) is 130 cm³/mol. The van der Waals surface area contributed by atoms with Crippen molar-refractivity contribution in [2.24, 2.45) is 0 Å². The first kappa shape index (κ1) is 21.1. The summed E-state index contributed by atoms with van der Waals surface area (Å²) in [5.41, 5.74) is 3.09. The van der Waals surface area contributed by atoms with E-state index in [0.29, 0.717) is 5.13 Å². The molecule has 0 bridgehead atoms. The summed E-state index contributed by atoms with van der Waals surface area (Å²) >= 11 is 2.89. The van der Waals surface area contributed by atoms with Gasteiger partial charge in [-0.15, -0.1) is 10.2 Å². The molecule has 2 aromatic heterocycles. The molecule has 2 aromatic carbocycles. The number of aromatic nitrogens is 4. The lowest BCUT2D eigenvalue weighted by Crippen LogP contribution is -2.21. The van der Waals surface area contributed by atoms with E-state index >= 15 is 0 Å². The molecule has 1 N–H and O–H groups in total. The Balaban J connectivity index is 1.30. The van der Waals surface area contributed by atoms with Gasteiger partial charge in [0.05, 0.1) is 22.5 Å². The fourth-order valence-corrected chi connectivity index (χ4v) is 5.60. The van der Waals surface area contributed by atoms with Gasteiger partial charge in [0, 0.05) is 5.69 Å². The van der Waals surface area contributed by atoms with Crippen molar-refractivity contribution in [1.82, 2.24) is 24.6 Å². The zero-order valence-corrected chi connectivity index (χ0v) is 19.5. The maximum Gasteiger partial charge on any atom is 0.236 e. The van der Waals surface area contributed by atoms with Crippen molar-refractivity contribution in [3.05, 3.63) is 59.9 Å². The van der Waals surface area contributed by atoms with Crippen LogP contribution in [-0.2, 0) is 11.3 Å². The number of hydrogen-bond donors (Lipinski definition) is 1. The molecule has 1 fully saturated rings. The van der Waals surface area contributed by atoms with Gasteiger partial charge in [0.1, 0.15) is 0 Å². The van der Waals surface area contributed by atoms with E-state index in [0.717, 1.165) is 46.5 Å². The van der Waals surface area contributed by atoms with E-state index in [1.807, 2.05) is 42.5 Å². The highest BCUT2D eigenvalue weighted by Gasteiger charge is 2.20. The molecule has 0 aliphatic carbocycles. The Labute approximate surface area is 194 Å². The van der Waals surface area contributed by atoms with Crippen LogP contribution in [-0.4, -0.2) is 49.4 Å². The minimum Gasteiger partial charge on any atom is -0.301 e. The minimum absolute atomic E-state index is 0.102. The number of fused-ring (bicyclic) bond motifs is 1. The van der Waals surface area contributed by atoms with E-state index in [-0.39, 0.29) is 11.7 Å². The van der Waals surface area contributed by atoms with Crippen LogP contribution in [0.15, 0.2) is 53.7 Å². The van der Waals surface area contributed by atoms with Gasteiger partial charge in [-0.1, -0.05) is 47.4 Å². The lowest BCUT2D eigenvalue weighted by molar-refractivity contribution is -0.113. The molecule has 0 radical (unpaired) electrons. The van der Waals surface area contributed by atoms with E-state index in [2.05, 4.69) is 43.0 Å². The topological polar surface area (TPSA) is 75.9 Å². The smallest absolute Gasteiger partial charge is 0.236 e. The molecule has 1 amide bonds. The lowest BCUT2D eigenvalue weighted by atomic mass is 10.2. The molecular weight excluding hydrogens is 440 g/mol. The van der Waals surface area contributed by atoms with E-state index in [1.54, 1.807) is 0 Å². The summed E-state index contributed by atoms with van der Waals surface area (Å²) in [5.74, 6) is 1.04. The van der Waals surface area contributed by atoms with Crippen LogP contribution in [0.2, 0.25) is 0 Å². The minimum atomic E-state index is -0.102. The number of nitrogens with zero attached hydrogens (tertiary/aromatic N) is 5. The number of amides is 1. The van der Waals surface area contributed by atoms with Crippen molar-refractivity contribution < 1.29 is 4.79 Å². The molecule has 1 saturated heterocycles. The van der Waals surface area contributed by atoms with Crippen LogP contribution in [0.1, 0.15) is 24.2 Å². The highest BCUT2D eigenvalue weighted by atomic mass is 32.2. The van der Waals surface area contributed by atoms with Crippen molar-refractivity contribution in [2.75, 3.05) is 24.2 Å². The molecule has 3 heterocycles. The van der Waals surface area contributed by atoms with E-state index in [9.17, 15) is 4.79 Å². The van der Waals surface area contributed by atoms with Gasteiger partial charge in [-0.3, -0.25) is 14.3 Å². The quantitative estimate of drug-likeness (QED) is 0.406. The molecule has 1 aliphatic rings. The number of para-hydroxylation sites is 1. The Kier molecular flexibility index (Phi) is 6.20. The summed E-state index contributed by atoms with van der Waals surface area (Å²) < 4.78 is 3.14. The molecule has 0 unspecified atom stereocenters. The van der Waals surface area contributed by atoms with Crippen molar-refractivity contribution in [1.29, 1.82) is 0 Å². The number of hydrogen-bond acceptors (Lipinski definition) is 7. The van der Waals surface area contributed by atoms with Gasteiger partial charge < -0.3 is 5.32 Å². The fourth-order valence-electron chi connectivity index (χ4n) is 3.84. The number of nitrogens with one attached hydrogen (secondary N) is 1. The SMILES string of the molecule is Cc1ccc2nc(NC(=O)CSc3nnc(CN4CCCC4)n3-c3ccccc3)sc2c1. The summed E-state index contributed by atoms with van der Waals surface area (Å²) in [7, 11) is 0. The third-order valence-electron chi connectivity index (χ3n) is 5.40. The molecule has 0 atom stereocenters. The maximum absolute atomic E-state index is 12.6. The molecule has 4 aromatic rings. The first-order chi connectivity index (χ1) is 15.7. The van der Waals surface area contributed by atoms with Gasteiger partial charge in [0.25, 0.3) is 0 Å². The van der Waals surface area contributed by atoms with Crippen LogP contribution in [0.5, 0.6) is 0 Å². The highest BCUT2D eigenvalue weighted by Crippen LogP contribution is 2.28. The molecule has 1 aliphatic heterocycles. The molecule has 0 saturated carbocycles. The zero-order valence-electron chi connectivity index (χ0n) is 17.8. The van der Waals surface area contributed by atoms with Gasteiger partial charge in [0.2, 0.25) is 5.91 Å². The van der Waals surface area contributed by atoms with Crippen LogP contribution < -0.4 is 5.32 Å². The van der Waals surface area contributed by atoms with Gasteiger partial charge in [0.15, 0.2) is 16.1 Å². The largest absolute Gasteiger partial charge is 0.301 e. The number of carbonyl (C=O) groups is 1. The second-order valence-electron chi connectivity index (χ2n) is 7.88. The van der Waals surface area contributed by atoms with Crippen molar-refractivity contribution in [3.8, 4) is 5.69 Å². The molecule has 0 spiro atoms. The van der Waals surface area contributed by atoms with Gasteiger partial charge in [-0.05, 0) is 62.7 Å². The van der Waals surface area contributed by atoms with Gasteiger partial charge >= 0.3 is 0 Å². The first-order valence-corrected chi connectivity index (χ1v) is 12.5. The number of benzene rings is 2. The van der Waals surface area contributed by atoms with Crippen molar-refractivity contribution in [2.45, 2.75) is 31.5 Å². The Hall–Kier alpha value is -2.75. The fraction of sp³-hybridized carbons (Fsp3) is 0.304. The van der Waals surface area contributed by atoms with Crippen LogP contribution in [0.3, 0.4) is 0 Å². The number of thiazole rings is 1. The molecule has 9 heteroatoms. The van der Waals surface area contributed by atoms with Crippen LogP contribution in [0, 0.1) is 6.92 Å². The Morgan fingerprint density at radius 1 is 1.12 bits per heavy atom. The Bertz CT molecular complexity index is 1230. The predicted octanol–water partition coefficient (Wildman–Crippen LogP) is 4.51. The van der Waals surface area contributed by atoms with E-state index < -0.39 is 0 Å². The normalized spacial score (nSPS) is 14.3. The first-order valence-electron chi connectivity index (χ1n) is 10.7. The number of carbonyl (C=O) groups excluding carboxylic acids is 1. The van der Waals surface area contributed by atoms with Gasteiger partial charge in [-0.2, -0.15) is 0 Å². The number of likely N-dealkylation sites (tertiary alicyclic amines) is 1. The monoisotopic (exact) mass is 464 g/mol. The van der Waals surface area contributed by atoms with E-state index in [1.165, 1.54) is 41.5 Å². The Morgan fingerprint density at radius 2 is 1.94 bits per heavy atom. The summed E-state index contributed by atoms with van der Waals surface area (Å²) in [5, 5.41) is 13.1. The molecule has 32 heavy (non-hydrogen) atoms. The molecule has 7 nitrogen and oxygen atoms in total. The molecular formula is C23H24N6OS2. The highest BCUT2D eigenvalue weighted by molar-refractivity contribution is 7.99. The number of anilines is 1. The summed E-state index contributed by atoms with van der Waals surface area (Å²) in [6.45, 7) is 5.00. The number of rotatable bonds is 7. The standard InChI is InChI=1S/C23H24N6OS2/c1-16-9-10-18-19(13-16)32-22(24-18)25-21(30)15-31-23-27-26-20(14-28-11-5-6-12-28)29(23)17-7-3-2-4-8-17/h2-4,7-10,13H,5-6,11-12,14-15H2,1H3,(H,24,25,30). The van der Waals surface area contributed by atoms with Gasteiger partial charge in [-0.25, -0.2) is 4.98 Å². The summed E-state index contributed by atoms with van der Waals surface area (Å²) in [4.78, 5) is 19.5. The van der Waals surface area contributed by atoms with Crippen LogP contribution >= 0.6 is 23.1 Å². The van der Waals surface area contributed by atoms with Crippen molar-refractivity contribution in [3.63, 3.8) is 0 Å². The van der Waals surface area contributed by atoms with Crippen LogP contribution in [0.4, 0.5) is 5.13 Å². The third kappa shape index (κ3) is 4.69. The second-order valence-corrected chi connectivity index (χ2v) is 9.85. The van der Waals surface area contributed by atoms with E-state index in [4.69, 9.17) is 0 Å². The maximum atomic E-state index is 12.6. The average Bonchev–Trinajstić information content (AvgIpc) is 3.53. The van der Waals surface area contributed by atoms with Crippen molar-refractivity contribution >= 4 is 44.4 Å². The summed E-state index contributed by atoms with van der Waals surface area (Å²) in [6, 6.07) is 16.2. The number of aryl methyl sites for hydroxylation is 1. The molecule has 5 rings (SSSR count). The molecule has 164 valence electrons. The zero-order chi connectivity index (χ0) is 21.9. The average molecular weight is 465 g/mol.